The van der Waals surface area contributed by atoms with Gasteiger partial charge in [0, 0.05) is 5.92 Å². The predicted octanol–water partition coefficient (Wildman–Crippen LogP) is 2.92. The average molecular weight is 220 g/mol. The van der Waals surface area contributed by atoms with Gasteiger partial charge < -0.3 is 0 Å². The molecule has 0 aromatic heterocycles. The van der Waals surface area contributed by atoms with E-state index in [1.807, 2.05) is 13.0 Å². The minimum absolute atomic E-state index is 0.0364. The van der Waals surface area contributed by atoms with E-state index in [1.165, 1.54) is 6.42 Å². The summed E-state index contributed by atoms with van der Waals surface area (Å²) in [7, 11) is 0. The van der Waals surface area contributed by atoms with Crippen molar-refractivity contribution in [2.45, 2.75) is 45.4 Å². The minimum atomic E-state index is -0.340. The van der Waals surface area contributed by atoms with Crippen molar-refractivity contribution < 1.29 is 9.59 Å². The molecule has 1 fully saturated rings. The molecule has 2 nitrogen and oxygen atoms in total. The summed E-state index contributed by atoms with van der Waals surface area (Å²) >= 11 is 0. The van der Waals surface area contributed by atoms with Gasteiger partial charge in [-0.05, 0) is 31.3 Å². The molecule has 2 aliphatic rings. The summed E-state index contributed by atoms with van der Waals surface area (Å²) in [4.78, 5) is 24.1. The van der Waals surface area contributed by atoms with E-state index in [9.17, 15) is 9.59 Å². The fourth-order valence-corrected chi connectivity index (χ4v) is 2.98. The molecule has 0 spiro atoms. The zero-order valence-electron chi connectivity index (χ0n) is 9.95. The van der Waals surface area contributed by atoms with Crippen molar-refractivity contribution in [1.29, 1.82) is 0 Å². The SMILES string of the molecule is C[C@H]1CC=CC(=O)[C@@H]1C(=O)C1CCCCC1. The van der Waals surface area contributed by atoms with E-state index in [2.05, 4.69) is 0 Å². The van der Waals surface area contributed by atoms with E-state index in [4.69, 9.17) is 0 Å². The van der Waals surface area contributed by atoms with Crippen LogP contribution in [0.3, 0.4) is 0 Å². The quantitative estimate of drug-likeness (QED) is 0.670. The summed E-state index contributed by atoms with van der Waals surface area (Å²) in [5.41, 5.74) is 0. The molecular formula is C14H20O2. The minimum Gasteiger partial charge on any atom is -0.299 e. The first-order valence-corrected chi connectivity index (χ1v) is 6.44. The fourth-order valence-electron chi connectivity index (χ4n) is 2.98. The van der Waals surface area contributed by atoms with Crippen molar-refractivity contribution in [2.75, 3.05) is 0 Å². The summed E-state index contributed by atoms with van der Waals surface area (Å²) in [6, 6.07) is 0. The molecule has 0 amide bonds. The second-order valence-corrected chi connectivity index (χ2v) is 5.23. The Morgan fingerprint density at radius 3 is 2.56 bits per heavy atom. The molecule has 0 heterocycles. The summed E-state index contributed by atoms with van der Waals surface area (Å²) in [5, 5.41) is 0. The van der Waals surface area contributed by atoms with Crippen LogP contribution in [-0.2, 0) is 9.59 Å². The Bertz CT molecular complexity index is 311. The van der Waals surface area contributed by atoms with Crippen molar-refractivity contribution in [1.82, 2.24) is 0 Å². The second-order valence-electron chi connectivity index (χ2n) is 5.23. The maximum absolute atomic E-state index is 12.3. The number of carbonyl (C=O) groups is 2. The van der Waals surface area contributed by atoms with Crippen molar-refractivity contribution in [2.24, 2.45) is 17.8 Å². The lowest BCUT2D eigenvalue weighted by Gasteiger charge is -2.28. The number of Topliss-reactive ketones (excluding diaryl/α,β-unsaturated/α-hetero) is 1. The molecule has 0 unspecified atom stereocenters. The maximum atomic E-state index is 12.3. The highest BCUT2D eigenvalue weighted by Gasteiger charge is 2.36. The van der Waals surface area contributed by atoms with Gasteiger partial charge in [-0.25, -0.2) is 0 Å². The molecule has 0 bridgehead atoms. The second kappa shape index (κ2) is 4.94. The molecule has 0 aromatic carbocycles. The molecule has 0 aromatic rings. The molecule has 0 radical (unpaired) electrons. The summed E-state index contributed by atoms with van der Waals surface area (Å²) < 4.78 is 0. The summed E-state index contributed by atoms with van der Waals surface area (Å²) in [6.07, 6.45) is 9.93. The van der Waals surface area contributed by atoms with Gasteiger partial charge in [0.25, 0.3) is 0 Å². The Morgan fingerprint density at radius 2 is 1.94 bits per heavy atom. The molecule has 1 saturated carbocycles. The lowest BCUT2D eigenvalue weighted by Crippen LogP contribution is -2.36. The van der Waals surface area contributed by atoms with Crippen LogP contribution in [0.25, 0.3) is 0 Å². The number of hydrogen-bond donors (Lipinski definition) is 0. The standard InChI is InChI=1S/C14H20O2/c1-10-6-5-9-12(15)13(10)14(16)11-7-3-2-4-8-11/h5,9-11,13H,2-4,6-8H2,1H3/t10-,13+/m0/s1. The lowest BCUT2D eigenvalue weighted by atomic mass is 9.73. The largest absolute Gasteiger partial charge is 0.299 e. The number of hydrogen-bond acceptors (Lipinski definition) is 2. The third-order valence-electron chi connectivity index (χ3n) is 3.98. The first kappa shape index (κ1) is 11.6. The number of ketones is 2. The number of allylic oxidation sites excluding steroid dienone is 2. The Kier molecular flexibility index (Phi) is 3.57. The maximum Gasteiger partial charge on any atom is 0.166 e. The highest BCUT2D eigenvalue weighted by atomic mass is 16.2. The van der Waals surface area contributed by atoms with Gasteiger partial charge in [0.05, 0.1) is 5.92 Å². The van der Waals surface area contributed by atoms with Crippen molar-refractivity contribution >= 4 is 11.6 Å². The van der Waals surface area contributed by atoms with E-state index < -0.39 is 0 Å². The van der Waals surface area contributed by atoms with Crippen molar-refractivity contribution in [3.63, 3.8) is 0 Å². The molecule has 2 atom stereocenters. The third kappa shape index (κ3) is 2.26. The topological polar surface area (TPSA) is 34.1 Å². The molecular weight excluding hydrogens is 200 g/mol. The zero-order valence-corrected chi connectivity index (χ0v) is 9.95. The molecule has 2 aliphatic carbocycles. The monoisotopic (exact) mass is 220 g/mol. The molecule has 0 N–H and O–H groups in total. The van der Waals surface area contributed by atoms with Gasteiger partial charge in [-0.1, -0.05) is 32.3 Å². The summed E-state index contributed by atoms with van der Waals surface area (Å²) in [5.74, 6) is 0.285. The van der Waals surface area contributed by atoms with E-state index >= 15 is 0 Å². The zero-order chi connectivity index (χ0) is 11.5. The van der Waals surface area contributed by atoms with Crippen molar-refractivity contribution in [3.8, 4) is 0 Å². The van der Waals surface area contributed by atoms with E-state index in [0.29, 0.717) is 0 Å². The Hall–Kier alpha value is -0.920. The van der Waals surface area contributed by atoms with Gasteiger partial charge >= 0.3 is 0 Å². The van der Waals surface area contributed by atoms with Gasteiger partial charge in [-0.3, -0.25) is 9.59 Å². The van der Waals surface area contributed by atoms with Crippen LogP contribution in [0.15, 0.2) is 12.2 Å². The highest BCUT2D eigenvalue weighted by Crippen LogP contribution is 2.32. The fraction of sp³-hybridized carbons (Fsp3) is 0.714. The molecule has 16 heavy (non-hydrogen) atoms. The van der Waals surface area contributed by atoms with Gasteiger partial charge in [-0.15, -0.1) is 0 Å². The van der Waals surface area contributed by atoms with E-state index in [-0.39, 0.29) is 29.3 Å². The number of carbonyl (C=O) groups excluding carboxylic acids is 2. The van der Waals surface area contributed by atoms with Gasteiger partial charge in [0.2, 0.25) is 0 Å². The first-order valence-electron chi connectivity index (χ1n) is 6.44. The van der Waals surface area contributed by atoms with Crippen LogP contribution in [-0.4, -0.2) is 11.6 Å². The van der Waals surface area contributed by atoms with Crippen LogP contribution in [0.5, 0.6) is 0 Å². The Balaban J connectivity index is 2.07. The summed E-state index contributed by atoms with van der Waals surface area (Å²) in [6.45, 7) is 2.02. The molecule has 2 heteroatoms. The van der Waals surface area contributed by atoms with E-state index in [0.717, 1.165) is 32.1 Å². The van der Waals surface area contributed by atoms with Crippen LogP contribution >= 0.6 is 0 Å². The molecule has 2 rings (SSSR count). The van der Waals surface area contributed by atoms with Crippen LogP contribution in [0.2, 0.25) is 0 Å². The first-order chi connectivity index (χ1) is 7.70. The van der Waals surface area contributed by atoms with Gasteiger partial charge in [-0.2, -0.15) is 0 Å². The van der Waals surface area contributed by atoms with Crippen LogP contribution in [0.1, 0.15) is 45.4 Å². The van der Waals surface area contributed by atoms with E-state index in [1.54, 1.807) is 6.08 Å². The molecule has 0 aliphatic heterocycles. The lowest BCUT2D eigenvalue weighted by molar-refractivity contribution is -0.136. The van der Waals surface area contributed by atoms with Gasteiger partial charge in [0.1, 0.15) is 5.78 Å². The van der Waals surface area contributed by atoms with Crippen LogP contribution in [0.4, 0.5) is 0 Å². The Labute approximate surface area is 97.1 Å². The van der Waals surface area contributed by atoms with Crippen LogP contribution < -0.4 is 0 Å². The third-order valence-corrected chi connectivity index (χ3v) is 3.98. The average Bonchev–Trinajstić information content (AvgIpc) is 2.30. The van der Waals surface area contributed by atoms with Crippen molar-refractivity contribution in [3.05, 3.63) is 12.2 Å². The highest BCUT2D eigenvalue weighted by molar-refractivity contribution is 6.09. The predicted molar refractivity (Wildman–Crippen MR) is 63.0 cm³/mol. The normalized spacial score (nSPS) is 31.7. The Morgan fingerprint density at radius 1 is 1.25 bits per heavy atom. The molecule has 88 valence electrons. The smallest absolute Gasteiger partial charge is 0.166 e. The van der Waals surface area contributed by atoms with Crippen LogP contribution in [0, 0.1) is 17.8 Å². The molecule has 0 saturated heterocycles. The number of rotatable bonds is 2. The van der Waals surface area contributed by atoms with Gasteiger partial charge in [0.15, 0.2) is 5.78 Å².